The molecular weight excluding hydrogens is 222 g/mol. The van der Waals surface area contributed by atoms with Crippen LogP contribution in [0.25, 0.3) is 0 Å². The van der Waals surface area contributed by atoms with Crippen molar-refractivity contribution in [3.63, 3.8) is 0 Å². The number of nitrogens with one attached hydrogen (secondary N) is 1. The van der Waals surface area contributed by atoms with Gasteiger partial charge in [-0.05, 0) is 23.1 Å². The average Bonchev–Trinajstić information content (AvgIpc) is 2.15. The molecule has 4 heteroatoms. The maximum atomic E-state index is 10.9. The number of anilines is 1. The fourth-order valence-electron chi connectivity index (χ4n) is 1.39. The summed E-state index contributed by atoms with van der Waals surface area (Å²) >= 11 is 3.70. The minimum Gasteiger partial charge on any atom is -0.495 e. The highest BCUT2D eigenvalue weighted by molar-refractivity contribution is 7.96. The number of hydrogen-bond donors (Lipinski definition) is 2. The van der Waals surface area contributed by atoms with Crippen LogP contribution >= 0.6 is 12.6 Å². The molecule has 0 saturated heterocycles. The van der Waals surface area contributed by atoms with E-state index in [1.54, 1.807) is 7.11 Å². The predicted octanol–water partition coefficient (Wildman–Crippen LogP) is 3.45. The topological polar surface area (TPSA) is 38.3 Å². The molecule has 0 heterocycles. The summed E-state index contributed by atoms with van der Waals surface area (Å²) in [5.74, 6) is 0.635. The molecule has 0 unspecified atom stereocenters. The molecule has 0 aliphatic carbocycles. The Morgan fingerprint density at radius 3 is 2.44 bits per heavy atom. The van der Waals surface area contributed by atoms with E-state index in [4.69, 9.17) is 4.74 Å². The first-order valence-electron chi connectivity index (χ1n) is 5.03. The molecule has 3 nitrogen and oxygen atoms in total. The Labute approximate surface area is 102 Å². The maximum Gasteiger partial charge on any atom is 0.280 e. The smallest absolute Gasteiger partial charge is 0.280 e. The Morgan fingerprint density at radius 1 is 1.38 bits per heavy atom. The van der Waals surface area contributed by atoms with E-state index in [2.05, 4.69) is 38.7 Å². The summed E-state index contributed by atoms with van der Waals surface area (Å²) < 4.78 is 5.17. The maximum absolute atomic E-state index is 10.9. The highest BCUT2D eigenvalue weighted by Gasteiger charge is 2.16. The van der Waals surface area contributed by atoms with Crippen molar-refractivity contribution < 1.29 is 9.53 Å². The summed E-state index contributed by atoms with van der Waals surface area (Å²) in [4.78, 5) is 10.9. The molecule has 0 bridgehead atoms. The van der Waals surface area contributed by atoms with Crippen molar-refractivity contribution in [2.75, 3.05) is 12.4 Å². The summed E-state index contributed by atoms with van der Waals surface area (Å²) in [5, 5.41) is 2.24. The zero-order valence-corrected chi connectivity index (χ0v) is 10.9. The van der Waals surface area contributed by atoms with Crippen LogP contribution < -0.4 is 10.1 Å². The van der Waals surface area contributed by atoms with Gasteiger partial charge in [0.25, 0.3) is 5.24 Å². The van der Waals surface area contributed by atoms with E-state index in [1.807, 2.05) is 18.2 Å². The summed E-state index contributed by atoms with van der Waals surface area (Å²) in [7, 11) is 1.57. The number of amides is 1. The Kier molecular flexibility index (Phi) is 3.86. The Balaban J connectivity index is 3.16. The largest absolute Gasteiger partial charge is 0.495 e. The van der Waals surface area contributed by atoms with E-state index < -0.39 is 5.24 Å². The minimum atomic E-state index is -0.399. The third-order valence-corrected chi connectivity index (χ3v) is 2.42. The van der Waals surface area contributed by atoms with E-state index in [1.165, 1.54) is 0 Å². The van der Waals surface area contributed by atoms with Gasteiger partial charge in [-0.1, -0.05) is 39.5 Å². The number of methoxy groups -OCH3 is 1. The Bertz CT molecular complexity index is 396. The van der Waals surface area contributed by atoms with Crippen LogP contribution in [0, 0.1) is 0 Å². The quantitative estimate of drug-likeness (QED) is 0.776. The van der Waals surface area contributed by atoms with Gasteiger partial charge in [-0.3, -0.25) is 4.79 Å². The predicted molar refractivity (Wildman–Crippen MR) is 69.7 cm³/mol. The fourth-order valence-corrected chi connectivity index (χ4v) is 1.51. The van der Waals surface area contributed by atoms with Gasteiger partial charge in [0, 0.05) is 0 Å². The standard InChI is InChI=1S/C12H17NO2S/c1-12(2,3)8-5-6-10(15-4)9(7-8)13-11(14)16/h5-7H,1-4H3,(H2,13,14,16). The second-order valence-corrected chi connectivity index (χ2v) is 5.00. The molecular formula is C12H17NO2S. The van der Waals surface area contributed by atoms with Crippen molar-refractivity contribution in [1.82, 2.24) is 0 Å². The third-order valence-electron chi connectivity index (χ3n) is 2.31. The molecule has 0 atom stereocenters. The van der Waals surface area contributed by atoms with Gasteiger partial charge in [-0.2, -0.15) is 0 Å². The van der Waals surface area contributed by atoms with Gasteiger partial charge < -0.3 is 10.1 Å². The molecule has 0 radical (unpaired) electrons. The van der Waals surface area contributed by atoms with Crippen LogP contribution in [-0.4, -0.2) is 12.3 Å². The lowest BCUT2D eigenvalue weighted by Crippen LogP contribution is -2.12. The number of ether oxygens (including phenoxy) is 1. The van der Waals surface area contributed by atoms with Gasteiger partial charge in [-0.15, -0.1) is 0 Å². The molecule has 1 N–H and O–H groups in total. The van der Waals surface area contributed by atoms with Crippen LogP contribution in [-0.2, 0) is 5.41 Å². The van der Waals surface area contributed by atoms with E-state index >= 15 is 0 Å². The first-order chi connectivity index (χ1) is 7.34. The highest BCUT2D eigenvalue weighted by Crippen LogP contribution is 2.31. The zero-order valence-electron chi connectivity index (χ0n) is 10.00. The Hall–Kier alpha value is -1.16. The molecule has 0 saturated carbocycles. The molecule has 1 aromatic carbocycles. The molecule has 0 aliphatic rings. The summed E-state index contributed by atoms with van der Waals surface area (Å²) in [5.41, 5.74) is 1.81. The lowest BCUT2D eigenvalue weighted by molar-refractivity contribution is 0.270. The molecule has 16 heavy (non-hydrogen) atoms. The Morgan fingerprint density at radius 2 is 2.00 bits per heavy atom. The molecule has 1 amide bonds. The highest BCUT2D eigenvalue weighted by atomic mass is 32.1. The average molecular weight is 239 g/mol. The van der Waals surface area contributed by atoms with Gasteiger partial charge in [0.1, 0.15) is 5.75 Å². The van der Waals surface area contributed by atoms with Gasteiger partial charge in [0.05, 0.1) is 12.8 Å². The van der Waals surface area contributed by atoms with E-state index in [0.717, 1.165) is 5.56 Å². The first-order valence-corrected chi connectivity index (χ1v) is 5.48. The van der Waals surface area contributed by atoms with E-state index in [9.17, 15) is 4.79 Å². The lowest BCUT2D eigenvalue weighted by Gasteiger charge is -2.21. The van der Waals surface area contributed by atoms with Gasteiger partial charge in [0.15, 0.2) is 0 Å². The van der Waals surface area contributed by atoms with Crippen molar-refractivity contribution in [2.24, 2.45) is 0 Å². The fraction of sp³-hybridized carbons (Fsp3) is 0.417. The molecule has 1 rings (SSSR count). The van der Waals surface area contributed by atoms with Crippen LogP contribution in [0.2, 0.25) is 0 Å². The first kappa shape index (κ1) is 12.9. The van der Waals surface area contributed by atoms with Gasteiger partial charge in [0.2, 0.25) is 0 Å². The number of benzene rings is 1. The molecule has 0 aliphatic heterocycles. The number of thiol groups is 1. The van der Waals surface area contributed by atoms with Crippen molar-refractivity contribution in [2.45, 2.75) is 26.2 Å². The van der Waals surface area contributed by atoms with Gasteiger partial charge >= 0.3 is 0 Å². The second-order valence-electron chi connectivity index (χ2n) is 4.60. The minimum absolute atomic E-state index is 0.0301. The van der Waals surface area contributed by atoms with Crippen molar-refractivity contribution in [3.05, 3.63) is 23.8 Å². The number of hydrogen-bond acceptors (Lipinski definition) is 2. The van der Waals surface area contributed by atoms with Crippen LogP contribution in [0.15, 0.2) is 18.2 Å². The molecule has 88 valence electrons. The monoisotopic (exact) mass is 239 g/mol. The molecule has 0 fully saturated rings. The van der Waals surface area contributed by atoms with Crippen LogP contribution in [0.4, 0.5) is 10.5 Å². The van der Waals surface area contributed by atoms with Crippen molar-refractivity contribution in [3.8, 4) is 5.75 Å². The van der Waals surface area contributed by atoms with E-state index in [0.29, 0.717) is 11.4 Å². The number of rotatable bonds is 2. The van der Waals surface area contributed by atoms with Crippen LogP contribution in [0.5, 0.6) is 5.75 Å². The second kappa shape index (κ2) is 4.78. The third kappa shape index (κ3) is 3.17. The molecule has 1 aromatic rings. The zero-order chi connectivity index (χ0) is 12.3. The SMILES string of the molecule is COc1ccc(C(C)(C)C)cc1NC(=O)S. The van der Waals surface area contributed by atoms with E-state index in [-0.39, 0.29) is 5.41 Å². The van der Waals surface area contributed by atoms with Crippen LogP contribution in [0.3, 0.4) is 0 Å². The molecule has 0 spiro atoms. The summed E-state index contributed by atoms with van der Waals surface area (Å²) in [6.45, 7) is 6.34. The lowest BCUT2D eigenvalue weighted by atomic mass is 9.87. The number of carbonyl (C=O) groups is 1. The summed E-state index contributed by atoms with van der Waals surface area (Å²) in [6.07, 6.45) is 0. The van der Waals surface area contributed by atoms with Crippen molar-refractivity contribution in [1.29, 1.82) is 0 Å². The number of carbonyl (C=O) groups excluding carboxylic acids is 1. The van der Waals surface area contributed by atoms with Gasteiger partial charge in [-0.25, -0.2) is 0 Å². The van der Waals surface area contributed by atoms with Crippen molar-refractivity contribution >= 4 is 23.6 Å². The molecule has 0 aromatic heterocycles. The normalized spacial score (nSPS) is 11.1. The summed E-state index contributed by atoms with van der Waals surface area (Å²) in [6, 6.07) is 5.75. The van der Waals surface area contributed by atoms with Crippen LogP contribution in [0.1, 0.15) is 26.3 Å².